The van der Waals surface area contributed by atoms with Crippen molar-refractivity contribution in [3.63, 3.8) is 0 Å². The van der Waals surface area contributed by atoms with Gasteiger partial charge < -0.3 is 0 Å². The zero-order chi connectivity index (χ0) is 15.0. The molecule has 0 spiro atoms. The molecule has 3 aromatic rings. The second kappa shape index (κ2) is 5.30. The number of fused-ring (bicyclic) bond motifs is 1. The molecule has 2 heterocycles. The summed E-state index contributed by atoms with van der Waals surface area (Å²) in [6.45, 7) is 5.91. The van der Waals surface area contributed by atoms with Crippen molar-refractivity contribution in [2.45, 2.75) is 20.8 Å². The van der Waals surface area contributed by atoms with Gasteiger partial charge in [-0.25, -0.2) is 4.98 Å². The summed E-state index contributed by atoms with van der Waals surface area (Å²) >= 11 is 6.26. The quantitative estimate of drug-likeness (QED) is 0.590. The van der Waals surface area contributed by atoms with Gasteiger partial charge in [0.25, 0.3) is 0 Å². The van der Waals surface area contributed by atoms with Gasteiger partial charge in [-0.05, 0) is 50.1 Å². The van der Waals surface area contributed by atoms with E-state index < -0.39 is 0 Å². The van der Waals surface area contributed by atoms with Crippen LogP contribution in [0.2, 0.25) is 5.02 Å². The number of benzene rings is 1. The first-order valence-electron chi connectivity index (χ1n) is 6.68. The van der Waals surface area contributed by atoms with Crippen LogP contribution in [0, 0.1) is 20.8 Å². The third-order valence-corrected chi connectivity index (χ3v) is 3.60. The van der Waals surface area contributed by atoms with E-state index in [1.165, 1.54) is 0 Å². The van der Waals surface area contributed by atoms with Crippen molar-refractivity contribution < 1.29 is 0 Å². The molecular weight excluding hydrogens is 284 g/mol. The number of pyridine rings is 1. The zero-order valence-electron chi connectivity index (χ0n) is 12.1. The molecule has 3 rings (SSSR count). The summed E-state index contributed by atoms with van der Waals surface area (Å²) in [5.41, 5.74) is 4.52. The molecular formula is C16H15ClN4. The fourth-order valence-corrected chi connectivity index (χ4v) is 2.71. The van der Waals surface area contributed by atoms with E-state index in [1.807, 2.05) is 61.7 Å². The number of hydrogen-bond acceptors (Lipinski definition) is 3. The lowest BCUT2D eigenvalue weighted by Gasteiger charge is -2.03. The first-order valence-corrected chi connectivity index (χ1v) is 7.06. The van der Waals surface area contributed by atoms with Crippen LogP contribution in [-0.4, -0.2) is 9.38 Å². The topological polar surface area (TPSA) is 42.0 Å². The van der Waals surface area contributed by atoms with Crippen LogP contribution in [0.4, 0.5) is 11.5 Å². The molecule has 0 bridgehead atoms. The van der Waals surface area contributed by atoms with Crippen LogP contribution in [0.15, 0.2) is 46.8 Å². The number of rotatable bonds is 2. The maximum Gasteiger partial charge on any atom is 0.182 e. The van der Waals surface area contributed by atoms with Crippen molar-refractivity contribution in [3.05, 3.63) is 58.4 Å². The van der Waals surface area contributed by atoms with Crippen LogP contribution < -0.4 is 0 Å². The summed E-state index contributed by atoms with van der Waals surface area (Å²) in [4.78, 5) is 4.46. The molecule has 21 heavy (non-hydrogen) atoms. The summed E-state index contributed by atoms with van der Waals surface area (Å²) in [6.07, 6.45) is 1.92. The Kier molecular flexibility index (Phi) is 3.47. The Morgan fingerprint density at radius 1 is 1.10 bits per heavy atom. The van der Waals surface area contributed by atoms with Crippen molar-refractivity contribution in [2.75, 3.05) is 0 Å². The fraction of sp³-hybridized carbons (Fsp3) is 0.188. The molecule has 0 aliphatic rings. The van der Waals surface area contributed by atoms with Gasteiger partial charge in [0.1, 0.15) is 11.3 Å². The molecule has 2 aromatic heterocycles. The number of azo groups is 1. The van der Waals surface area contributed by atoms with E-state index in [-0.39, 0.29) is 0 Å². The van der Waals surface area contributed by atoms with Crippen LogP contribution in [0.5, 0.6) is 0 Å². The Morgan fingerprint density at radius 3 is 2.67 bits per heavy atom. The van der Waals surface area contributed by atoms with Crippen molar-refractivity contribution in [2.24, 2.45) is 10.2 Å². The summed E-state index contributed by atoms with van der Waals surface area (Å²) in [5, 5.41) is 9.30. The Morgan fingerprint density at radius 2 is 1.90 bits per heavy atom. The number of halogens is 1. The lowest BCUT2D eigenvalue weighted by Crippen LogP contribution is -1.82. The third kappa shape index (κ3) is 2.54. The van der Waals surface area contributed by atoms with Gasteiger partial charge in [-0.2, -0.15) is 0 Å². The van der Waals surface area contributed by atoms with E-state index >= 15 is 0 Å². The molecule has 4 nitrogen and oxygen atoms in total. The van der Waals surface area contributed by atoms with E-state index in [1.54, 1.807) is 0 Å². The van der Waals surface area contributed by atoms with Crippen LogP contribution in [-0.2, 0) is 0 Å². The summed E-state index contributed by atoms with van der Waals surface area (Å²) in [7, 11) is 0. The Balaban J connectivity index is 2.08. The molecule has 0 unspecified atom stereocenters. The predicted octanol–water partition coefficient (Wildman–Crippen LogP) is 5.33. The number of nitrogens with zero attached hydrogens (tertiary/aromatic N) is 4. The van der Waals surface area contributed by atoms with E-state index in [0.717, 1.165) is 28.3 Å². The van der Waals surface area contributed by atoms with Crippen molar-refractivity contribution in [3.8, 4) is 0 Å². The molecule has 0 aliphatic heterocycles. The van der Waals surface area contributed by atoms with Crippen molar-refractivity contribution >= 4 is 28.8 Å². The minimum absolute atomic E-state index is 0.614. The highest BCUT2D eigenvalue weighted by atomic mass is 35.5. The summed E-state index contributed by atoms with van der Waals surface area (Å²) in [6, 6.07) is 9.77. The van der Waals surface area contributed by atoms with Gasteiger partial charge in [-0.1, -0.05) is 23.7 Å². The Bertz CT molecular complexity index is 826. The van der Waals surface area contributed by atoms with Crippen LogP contribution >= 0.6 is 11.6 Å². The van der Waals surface area contributed by atoms with Crippen LogP contribution in [0.3, 0.4) is 0 Å². The van der Waals surface area contributed by atoms with E-state index in [2.05, 4.69) is 15.2 Å². The average Bonchev–Trinajstić information content (AvgIpc) is 2.73. The molecule has 0 atom stereocenters. The van der Waals surface area contributed by atoms with Crippen LogP contribution in [0.25, 0.3) is 5.65 Å². The monoisotopic (exact) mass is 298 g/mol. The highest BCUT2D eigenvalue weighted by Crippen LogP contribution is 2.32. The minimum atomic E-state index is 0.614. The number of imidazole rings is 1. The molecule has 0 saturated heterocycles. The minimum Gasteiger partial charge on any atom is -0.283 e. The molecule has 0 amide bonds. The standard InChI is InChI=1S/C16H15ClN4/c1-10-8-11(2)15(13(17)9-10)19-20-16-12(3)18-14-6-4-5-7-21(14)16/h4-9H,1-3H3. The van der Waals surface area contributed by atoms with Crippen LogP contribution in [0.1, 0.15) is 16.8 Å². The average molecular weight is 299 g/mol. The third-order valence-electron chi connectivity index (χ3n) is 3.32. The molecule has 5 heteroatoms. The highest BCUT2D eigenvalue weighted by Gasteiger charge is 2.08. The summed E-state index contributed by atoms with van der Waals surface area (Å²) < 4.78 is 1.91. The summed E-state index contributed by atoms with van der Waals surface area (Å²) in [5.74, 6) is 0.724. The first kappa shape index (κ1) is 13.8. The van der Waals surface area contributed by atoms with Gasteiger partial charge >= 0.3 is 0 Å². The van der Waals surface area contributed by atoms with Gasteiger partial charge in [0.15, 0.2) is 5.82 Å². The van der Waals surface area contributed by atoms with E-state index in [9.17, 15) is 0 Å². The smallest absolute Gasteiger partial charge is 0.182 e. The number of hydrogen-bond donors (Lipinski definition) is 0. The second-order valence-corrected chi connectivity index (χ2v) is 5.47. The molecule has 0 fully saturated rings. The van der Waals surface area contributed by atoms with Gasteiger partial charge in [0.05, 0.1) is 10.7 Å². The Labute approximate surface area is 128 Å². The maximum atomic E-state index is 6.26. The van der Waals surface area contributed by atoms with Crippen molar-refractivity contribution in [1.82, 2.24) is 9.38 Å². The molecule has 1 aromatic carbocycles. The molecule has 0 radical (unpaired) electrons. The largest absolute Gasteiger partial charge is 0.283 e. The van der Waals surface area contributed by atoms with Gasteiger partial charge in [0.2, 0.25) is 0 Å². The second-order valence-electron chi connectivity index (χ2n) is 5.06. The SMILES string of the molecule is Cc1cc(C)c(N=Nc2c(C)nc3ccccn23)c(Cl)c1. The number of aryl methyl sites for hydroxylation is 3. The lowest BCUT2D eigenvalue weighted by atomic mass is 10.1. The lowest BCUT2D eigenvalue weighted by molar-refractivity contribution is 1.09. The van der Waals surface area contributed by atoms with Crippen molar-refractivity contribution in [1.29, 1.82) is 0 Å². The number of aromatic nitrogens is 2. The molecule has 0 aliphatic carbocycles. The normalized spacial score (nSPS) is 11.6. The fourth-order valence-electron chi connectivity index (χ4n) is 2.35. The van der Waals surface area contributed by atoms with Gasteiger partial charge in [-0.15, -0.1) is 10.2 Å². The Hall–Kier alpha value is -2.20. The highest BCUT2D eigenvalue weighted by molar-refractivity contribution is 6.33. The maximum absolute atomic E-state index is 6.26. The zero-order valence-corrected chi connectivity index (χ0v) is 12.9. The van der Waals surface area contributed by atoms with Gasteiger partial charge in [0, 0.05) is 6.20 Å². The predicted molar refractivity (Wildman–Crippen MR) is 85.0 cm³/mol. The molecule has 106 valence electrons. The molecule has 0 saturated carbocycles. The van der Waals surface area contributed by atoms with E-state index in [0.29, 0.717) is 10.7 Å². The first-order chi connectivity index (χ1) is 10.1. The van der Waals surface area contributed by atoms with Gasteiger partial charge in [-0.3, -0.25) is 4.40 Å². The molecule has 0 N–H and O–H groups in total. The van der Waals surface area contributed by atoms with E-state index in [4.69, 9.17) is 11.6 Å².